The zero-order chi connectivity index (χ0) is 19.1. The first kappa shape index (κ1) is 22.2. The predicted molar refractivity (Wildman–Crippen MR) is 84.1 cm³/mol. The van der Waals surface area contributed by atoms with E-state index >= 15 is 0 Å². The van der Waals surface area contributed by atoms with Gasteiger partial charge in [0.1, 0.15) is 0 Å². The van der Waals surface area contributed by atoms with Crippen LogP contribution in [0.5, 0.6) is 11.5 Å². The molecule has 0 unspecified atom stereocenters. The van der Waals surface area contributed by atoms with Crippen LogP contribution in [-0.4, -0.2) is 31.5 Å². The van der Waals surface area contributed by atoms with Crippen molar-refractivity contribution < 1.29 is 41.2 Å². The number of aromatic hydroxyl groups is 2. The average Bonchev–Trinajstić information content (AvgIpc) is 2.57. The third-order valence-electron chi connectivity index (χ3n) is 2.89. The van der Waals surface area contributed by atoms with Gasteiger partial charge >= 0.3 is 0 Å². The summed E-state index contributed by atoms with van der Waals surface area (Å²) in [4.78, 5) is 29.2. The fourth-order valence-corrected chi connectivity index (χ4v) is 1.65. The minimum atomic E-state index is -1.71. The van der Waals surface area contributed by atoms with Crippen LogP contribution in [0.25, 0.3) is 0 Å². The lowest BCUT2D eigenvalue weighted by Gasteiger charge is -2.01. The number of hydrogen-bond acceptors (Lipinski definition) is 8. The van der Waals surface area contributed by atoms with E-state index < -0.39 is 32.8 Å². The maximum absolute atomic E-state index is 10.4. The monoisotopic (exact) mass is 369 g/mol. The quantitative estimate of drug-likeness (QED) is 0.339. The Kier molecular flexibility index (Phi) is 8.13. The number of non-ortho nitro benzene ring substituents is 2. The highest BCUT2D eigenvalue weighted by Crippen LogP contribution is 2.24. The van der Waals surface area contributed by atoms with E-state index in [0.717, 1.165) is 5.56 Å². The number of nitro groups is 2. The minimum absolute atomic E-state index is 0. The maximum Gasteiger partial charge on any atom is 0.276 e. The number of nitro benzene ring substituents is 2. The smallest absolute Gasteiger partial charge is 0.276 e. The van der Waals surface area contributed by atoms with E-state index in [4.69, 9.17) is 10.2 Å². The molecule has 0 atom stereocenters. The summed E-state index contributed by atoms with van der Waals surface area (Å²) < 4.78 is 0. The van der Waals surface area contributed by atoms with Crippen LogP contribution < -0.4 is 10.8 Å². The Hall–Kier alpha value is -3.77. The molecule has 0 aliphatic rings. The number of phenolic OH excluding ortho intramolecular Hbond substituents is 2. The first-order valence-corrected chi connectivity index (χ1v) is 6.61. The van der Waals surface area contributed by atoms with Crippen molar-refractivity contribution in [3.8, 4) is 11.5 Å². The lowest BCUT2D eigenvalue weighted by molar-refractivity contribution is -0.394. The summed E-state index contributed by atoms with van der Waals surface area (Å²) in [5.74, 6) is -1.87. The van der Waals surface area contributed by atoms with E-state index in [0.29, 0.717) is 24.7 Å². The third-order valence-corrected chi connectivity index (χ3v) is 2.89. The number of hydrogen-bond donors (Lipinski definition) is 3. The first-order chi connectivity index (χ1) is 11.6. The molecule has 0 bridgehead atoms. The van der Waals surface area contributed by atoms with Crippen molar-refractivity contribution in [1.29, 1.82) is 0 Å². The number of carbonyl (C=O) groups is 1. The van der Waals surface area contributed by atoms with E-state index in [2.05, 4.69) is 5.73 Å². The molecule has 0 aliphatic heterocycles. The van der Waals surface area contributed by atoms with Gasteiger partial charge in [-0.15, -0.1) is 0 Å². The molecular weight excluding hydrogens is 354 g/mol. The van der Waals surface area contributed by atoms with Crippen LogP contribution in [0, 0.1) is 20.2 Å². The molecule has 0 fully saturated rings. The summed E-state index contributed by atoms with van der Waals surface area (Å²) in [7, 11) is 0. The van der Waals surface area contributed by atoms with Crippen LogP contribution in [0.15, 0.2) is 36.4 Å². The molecule has 0 saturated heterocycles. The number of aromatic carboxylic acids is 1. The number of carboxylic acid groups (broad SMARTS) is 1. The van der Waals surface area contributed by atoms with Gasteiger partial charge in [0, 0.05) is 23.3 Å². The van der Waals surface area contributed by atoms with Crippen LogP contribution in [0.1, 0.15) is 15.9 Å². The predicted octanol–water partition coefficient (Wildman–Crippen LogP) is -1.12. The molecule has 0 aliphatic carbocycles. The standard InChI is InChI=1S/C7H4N2O6.C7H9NO2.H2O/c10-7(11)4-1-5(8(12)13)3-6(2-4)9(14)15;8-4-5-1-2-6(9)7(10)3-5;/h1-3H,(H,10,11);1-3,9-10H,4,8H2;1H2. The summed E-state index contributed by atoms with van der Waals surface area (Å²) in [6.07, 6.45) is 0. The summed E-state index contributed by atoms with van der Waals surface area (Å²) in [6, 6.07) is 6.75. The lowest BCUT2D eigenvalue weighted by Crippen LogP contribution is -2.47. The van der Waals surface area contributed by atoms with Crippen LogP contribution >= 0.6 is 0 Å². The Balaban J connectivity index is 0.000000497. The lowest BCUT2D eigenvalue weighted by atomic mass is 10.2. The Morgan fingerprint density at radius 3 is 1.81 bits per heavy atom. The second-order valence-corrected chi connectivity index (χ2v) is 4.61. The number of carbonyl (C=O) groups excluding carboxylic acids is 1. The molecule has 0 amide bonds. The van der Waals surface area contributed by atoms with Gasteiger partial charge in [-0.05, 0) is 18.2 Å². The minimum Gasteiger partial charge on any atom is -0.545 e. The van der Waals surface area contributed by atoms with Crippen molar-refractivity contribution in [3.63, 3.8) is 0 Å². The normalized spacial score (nSPS) is 9.27. The number of rotatable bonds is 4. The van der Waals surface area contributed by atoms with Gasteiger partial charge in [0.05, 0.1) is 28.4 Å². The van der Waals surface area contributed by atoms with E-state index in [1.54, 1.807) is 6.07 Å². The van der Waals surface area contributed by atoms with Gasteiger partial charge in [-0.1, -0.05) is 0 Å². The van der Waals surface area contributed by atoms with Crippen molar-refractivity contribution in [3.05, 3.63) is 67.8 Å². The zero-order valence-corrected chi connectivity index (χ0v) is 13.1. The fraction of sp³-hybridized carbons (Fsp3) is 0.0714. The fourth-order valence-electron chi connectivity index (χ4n) is 1.65. The van der Waals surface area contributed by atoms with Crippen molar-refractivity contribution in [2.24, 2.45) is 0 Å². The Morgan fingerprint density at radius 1 is 0.962 bits per heavy atom. The largest absolute Gasteiger partial charge is 0.545 e. The van der Waals surface area contributed by atoms with E-state index in [1.807, 2.05) is 0 Å². The van der Waals surface area contributed by atoms with Crippen LogP contribution in [0.3, 0.4) is 0 Å². The Bertz CT molecular complexity index is 744. The highest BCUT2D eigenvalue weighted by atomic mass is 16.6. The van der Waals surface area contributed by atoms with Gasteiger partial charge in [-0.25, -0.2) is 0 Å². The van der Waals surface area contributed by atoms with E-state index in [9.17, 15) is 30.1 Å². The molecule has 12 nitrogen and oxygen atoms in total. The molecule has 26 heavy (non-hydrogen) atoms. The number of quaternary nitrogens is 1. The van der Waals surface area contributed by atoms with Crippen molar-refractivity contribution in [2.45, 2.75) is 6.54 Å². The van der Waals surface area contributed by atoms with Crippen molar-refractivity contribution in [1.82, 2.24) is 0 Å². The Morgan fingerprint density at radius 2 is 1.46 bits per heavy atom. The maximum atomic E-state index is 10.4. The molecule has 0 saturated carbocycles. The van der Waals surface area contributed by atoms with Gasteiger partial charge in [0.2, 0.25) is 0 Å². The van der Waals surface area contributed by atoms with E-state index in [1.165, 1.54) is 12.1 Å². The number of benzene rings is 2. The van der Waals surface area contributed by atoms with Gasteiger partial charge in [0.25, 0.3) is 11.4 Å². The zero-order valence-electron chi connectivity index (χ0n) is 13.1. The van der Waals surface area contributed by atoms with Gasteiger partial charge < -0.3 is 31.3 Å². The second-order valence-electron chi connectivity index (χ2n) is 4.61. The molecule has 0 aromatic heterocycles. The van der Waals surface area contributed by atoms with Crippen molar-refractivity contribution in [2.75, 3.05) is 0 Å². The van der Waals surface area contributed by atoms with Crippen LogP contribution in [0.4, 0.5) is 11.4 Å². The first-order valence-electron chi connectivity index (χ1n) is 6.61. The molecule has 0 heterocycles. The topological polar surface area (TPSA) is 226 Å². The third kappa shape index (κ3) is 6.03. The molecule has 0 spiro atoms. The molecule has 2 aromatic carbocycles. The SMILES string of the molecule is O.O=C([O-])c1cc([N+](=O)[O-])cc([N+](=O)[O-])c1.[NH3+]Cc1ccc(O)c(O)c1. The summed E-state index contributed by atoms with van der Waals surface area (Å²) in [6.45, 7) is 0.619. The molecule has 12 heteroatoms. The number of phenols is 2. The summed E-state index contributed by atoms with van der Waals surface area (Å²) >= 11 is 0. The average molecular weight is 369 g/mol. The van der Waals surface area contributed by atoms with E-state index in [-0.39, 0.29) is 17.0 Å². The van der Waals surface area contributed by atoms with Gasteiger partial charge in [-0.3, -0.25) is 20.2 Å². The van der Waals surface area contributed by atoms with Crippen LogP contribution in [0.2, 0.25) is 0 Å². The molecule has 2 rings (SSSR count). The molecule has 7 N–H and O–H groups in total. The highest BCUT2D eigenvalue weighted by molar-refractivity contribution is 5.87. The molecule has 140 valence electrons. The summed E-state index contributed by atoms with van der Waals surface area (Å²) in [5.41, 5.74) is 2.62. The van der Waals surface area contributed by atoms with Crippen LogP contribution in [-0.2, 0) is 6.54 Å². The highest BCUT2D eigenvalue weighted by Gasteiger charge is 2.16. The van der Waals surface area contributed by atoms with Gasteiger partial charge in [0.15, 0.2) is 11.5 Å². The van der Waals surface area contributed by atoms with Crippen molar-refractivity contribution >= 4 is 17.3 Å². The second kappa shape index (κ2) is 9.51. The number of nitrogens with zero attached hydrogens (tertiary/aromatic N) is 2. The molecule has 0 radical (unpaired) electrons. The van der Waals surface area contributed by atoms with Gasteiger partial charge in [-0.2, -0.15) is 0 Å². The number of carboxylic acids is 1. The molecular formula is C14H15N3O9. The molecule has 2 aromatic rings. The Labute approximate surface area is 145 Å². The summed E-state index contributed by atoms with van der Waals surface area (Å²) in [5, 5.41) is 48.9.